The number of nitrogens with zero attached hydrogens (tertiary/aromatic N) is 4. The topological polar surface area (TPSA) is 81.2 Å². The number of aryl methyl sites for hydroxylation is 2. The first-order chi connectivity index (χ1) is 11.1. The average molecular weight is 316 g/mol. The Labute approximate surface area is 133 Å². The average Bonchev–Trinajstić information content (AvgIpc) is 3.00. The van der Waals surface area contributed by atoms with E-state index in [0.717, 1.165) is 19.4 Å². The van der Waals surface area contributed by atoms with E-state index in [1.165, 1.54) is 6.07 Å². The number of hydrogen-bond donors (Lipinski definition) is 0. The highest BCUT2D eigenvalue weighted by molar-refractivity contribution is 5.76. The minimum atomic E-state index is -0.0842. The van der Waals surface area contributed by atoms with Gasteiger partial charge in [0.1, 0.15) is 0 Å². The van der Waals surface area contributed by atoms with Gasteiger partial charge in [0, 0.05) is 51.2 Å². The van der Waals surface area contributed by atoms with Crippen molar-refractivity contribution in [3.8, 4) is 0 Å². The molecule has 7 nitrogen and oxygen atoms in total. The van der Waals surface area contributed by atoms with Crippen LogP contribution in [0.3, 0.4) is 0 Å². The lowest BCUT2D eigenvalue weighted by molar-refractivity contribution is -0.132. The van der Waals surface area contributed by atoms with Gasteiger partial charge in [0.25, 0.3) is 5.56 Å². The van der Waals surface area contributed by atoms with Gasteiger partial charge >= 0.3 is 0 Å². The molecule has 1 saturated heterocycles. The molecule has 0 aliphatic carbocycles. The molecule has 23 heavy (non-hydrogen) atoms. The van der Waals surface area contributed by atoms with Gasteiger partial charge < -0.3 is 14.0 Å². The van der Waals surface area contributed by atoms with Gasteiger partial charge in [0.05, 0.1) is 0 Å². The summed E-state index contributed by atoms with van der Waals surface area (Å²) in [4.78, 5) is 30.2. The van der Waals surface area contributed by atoms with E-state index in [0.29, 0.717) is 31.2 Å². The van der Waals surface area contributed by atoms with Crippen LogP contribution in [-0.4, -0.2) is 38.6 Å². The molecule has 1 aliphatic rings. The van der Waals surface area contributed by atoms with E-state index < -0.39 is 0 Å². The molecule has 7 heteroatoms. The molecule has 122 valence electrons. The second kappa shape index (κ2) is 6.76. The lowest BCUT2D eigenvalue weighted by atomic mass is 9.97. The molecule has 0 saturated carbocycles. The van der Waals surface area contributed by atoms with Gasteiger partial charge in [-0.1, -0.05) is 11.2 Å². The molecule has 1 atom stereocenters. The summed E-state index contributed by atoms with van der Waals surface area (Å²) in [6.45, 7) is 3.53. The Balaban J connectivity index is 1.59. The third kappa shape index (κ3) is 3.67. The Morgan fingerprint density at radius 3 is 3.04 bits per heavy atom. The van der Waals surface area contributed by atoms with Crippen molar-refractivity contribution >= 4 is 5.91 Å². The maximum absolute atomic E-state index is 12.4. The molecule has 0 radical (unpaired) electrons. The predicted molar refractivity (Wildman–Crippen MR) is 82.9 cm³/mol. The van der Waals surface area contributed by atoms with Crippen molar-refractivity contribution in [3.63, 3.8) is 0 Å². The van der Waals surface area contributed by atoms with Gasteiger partial charge in [-0.3, -0.25) is 9.59 Å². The monoisotopic (exact) mass is 316 g/mol. The molecule has 1 aliphatic heterocycles. The van der Waals surface area contributed by atoms with Crippen molar-refractivity contribution in [1.82, 2.24) is 19.6 Å². The third-order valence-electron chi connectivity index (χ3n) is 4.15. The highest BCUT2D eigenvalue weighted by atomic mass is 16.5. The van der Waals surface area contributed by atoms with Crippen LogP contribution >= 0.6 is 0 Å². The summed E-state index contributed by atoms with van der Waals surface area (Å²) in [5, 5.41) is 3.97. The Kier molecular flexibility index (Phi) is 4.55. The number of pyridine rings is 1. The maximum Gasteiger partial charge on any atom is 0.250 e. The second-order valence-corrected chi connectivity index (χ2v) is 5.83. The van der Waals surface area contributed by atoms with Gasteiger partial charge in [-0.25, -0.2) is 0 Å². The summed E-state index contributed by atoms with van der Waals surface area (Å²) >= 11 is 0. The Hall–Kier alpha value is -2.44. The predicted octanol–water partition coefficient (Wildman–Crippen LogP) is 1.34. The van der Waals surface area contributed by atoms with Crippen LogP contribution in [0.2, 0.25) is 0 Å². The summed E-state index contributed by atoms with van der Waals surface area (Å²) < 4.78 is 6.59. The smallest absolute Gasteiger partial charge is 0.250 e. The SMILES string of the molecule is Cc1nc([C@H]2CCCN(C(=O)CCn3ccccc3=O)C2)no1. The molecule has 0 aromatic carbocycles. The summed E-state index contributed by atoms with van der Waals surface area (Å²) in [7, 11) is 0. The minimum Gasteiger partial charge on any atom is -0.342 e. The van der Waals surface area contributed by atoms with E-state index in [2.05, 4.69) is 10.1 Å². The van der Waals surface area contributed by atoms with Crippen molar-refractivity contribution < 1.29 is 9.32 Å². The first-order valence-corrected chi connectivity index (χ1v) is 7.87. The Morgan fingerprint density at radius 1 is 1.43 bits per heavy atom. The Morgan fingerprint density at radius 2 is 2.30 bits per heavy atom. The first kappa shape index (κ1) is 15.5. The fourth-order valence-electron chi connectivity index (χ4n) is 2.91. The molecular weight excluding hydrogens is 296 g/mol. The van der Waals surface area contributed by atoms with E-state index in [-0.39, 0.29) is 17.4 Å². The largest absolute Gasteiger partial charge is 0.342 e. The quantitative estimate of drug-likeness (QED) is 0.850. The van der Waals surface area contributed by atoms with Crippen LogP contribution < -0.4 is 5.56 Å². The summed E-state index contributed by atoms with van der Waals surface area (Å²) in [6.07, 6.45) is 3.91. The van der Waals surface area contributed by atoms with Gasteiger partial charge in [-0.15, -0.1) is 0 Å². The summed E-state index contributed by atoms with van der Waals surface area (Å²) in [5.41, 5.74) is -0.0842. The van der Waals surface area contributed by atoms with Gasteiger partial charge in [0.2, 0.25) is 11.8 Å². The lowest BCUT2D eigenvalue weighted by Crippen LogP contribution is -2.40. The molecule has 0 N–H and O–H groups in total. The first-order valence-electron chi connectivity index (χ1n) is 7.87. The standard InChI is InChI=1S/C16H20N4O3/c1-12-17-16(18-23-12)13-5-4-9-20(11-13)15(22)7-10-19-8-3-2-6-14(19)21/h2-3,6,8,13H,4-5,7,9-11H2,1H3/t13-/m0/s1. The van der Waals surface area contributed by atoms with Crippen molar-refractivity contribution in [2.75, 3.05) is 13.1 Å². The molecule has 2 aromatic rings. The van der Waals surface area contributed by atoms with Gasteiger partial charge in [0.15, 0.2) is 5.82 Å². The number of carbonyl (C=O) groups is 1. The van der Waals surface area contributed by atoms with E-state index in [4.69, 9.17) is 4.52 Å². The molecule has 1 fully saturated rings. The molecule has 3 heterocycles. The van der Waals surface area contributed by atoms with Crippen molar-refractivity contribution in [2.45, 2.75) is 38.6 Å². The maximum atomic E-state index is 12.4. The zero-order valence-corrected chi connectivity index (χ0v) is 13.1. The van der Waals surface area contributed by atoms with Crippen molar-refractivity contribution in [1.29, 1.82) is 0 Å². The van der Waals surface area contributed by atoms with Gasteiger partial charge in [-0.05, 0) is 18.9 Å². The molecule has 3 rings (SSSR count). The number of aromatic nitrogens is 3. The zero-order chi connectivity index (χ0) is 16.2. The summed E-state index contributed by atoms with van der Waals surface area (Å²) in [6, 6.07) is 4.99. The molecule has 2 aromatic heterocycles. The van der Waals surface area contributed by atoms with Crippen LogP contribution in [0.4, 0.5) is 0 Å². The number of rotatable bonds is 4. The van der Waals surface area contributed by atoms with Crippen LogP contribution in [0.15, 0.2) is 33.7 Å². The highest BCUT2D eigenvalue weighted by Gasteiger charge is 2.27. The van der Waals surface area contributed by atoms with Crippen molar-refractivity contribution in [2.24, 2.45) is 0 Å². The van der Waals surface area contributed by atoms with Crippen LogP contribution in [0.5, 0.6) is 0 Å². The number of amides is 1. The van der Waals surface area contributed by atoms with Crippen LogP contribution in [0, 0.1) is 6.92 Å². The Bertz CT molecular complexity index is 737. The van der Waals surface area contributed by atoms with Crippen LogP contribution in [0.25, 0.3) is 0 Å². The van der Waals surface area contributed by atoms with Crippen LogP contribution in [-0.2, 0) is 11.3 Å². The molecular formula is C16H20N4O3. The van der Waals surface area contributed by atoms with E-state index in [1.54, 1.807) is 29.8 Å². The molecule has 0 bridgehead atoms. The molecule has 0 unspecified atom stereocenters. The van der Waals surface area contributed by atoms with E-state index in [1.807, 2.05) is 4.90 Å². The fraction of sp³-hybridized carbons (Fsp3) is 0.500. The van der Waals surface area contributed by atoms with Crippen molar-refractivity contribution in [3.05, 3.63) is 46.5 Å². The summed E-state index contributed by atoms with van der Waals surface area (Å²) in [5.74, 6) is 1.42. The van der Waals surface area contributed by atoms with Crippen LogP contribution in [0.1, 0.15) is 36.9 Å². The second-order valence-electron chi connectivity index (χ2n) is 5.83. The number of hydrogen-bond acceptors (Lipinski definition) is 5. The van der Waals surface area contributed by atoms with E-state index in [9.17, 15) is 9.59 Å². The lowest BCUT2D eigenvalue weighted by Gasteiger charge is -2.31. The number of likely N-dealkylation sites (tertiary alicyclic amines) is 1. The molecule has 0 spiro atoms. The molecule has 1 amide bonds. The van der Waals surface area contributed by atoms with E-state index >= 15 is 0 Å². The van der Waals surface area contributed by atoms with Gasteiger partial charge in [-0.2, -0.15) is 4.98 Å². The normalized spacial score (nSPS) is 18.1. The zero-order valence-electron chi connectivity index (χ0n) is 13.1. The highest BCUT2D eigenvalue weighted by Crippen LogP contribution is 2.25. The fourth-order valence-corrected chi connectivity index (χ4v) is 2.91. The number of piperidine rings is 1. The third-order valence-corrected chi connectivity index (χ3v) is 4.15. The minimum absolute atomic E-state index is 0.0608. The number of carbonyl (C=O) groups excluding carboxylic acids is 1.